The molecule has 0 aromatic heterocycles. The van der Waals surface area contributed by atoms with Crippen molar-refractivity contribution in [3.05, 3.63) is 59.1 Å². The highest BCUT2D eigenvalue weighted by Crippen LogP contribution is 2.17. The second-order valence-corrected chi connectivity index (χ2v) is 8.99. The van der Waals surface area contributed by atoms with Crippen LogP contribution in [0.2, 0.25) is 5.02 Å². The van der Waals surface area contributed by atoms with E-state index in [2.05, 4.69) is 10.0 Å². The number of halogens is 1. The fourth-order valence-corrected chi connectivity index (χ4v) is 4.20. The van der Waals surface area contributed by atoms with E-state index < -0.39 is 10.0 Å². The van der Waals surface area contributed by atoms with Crippen LogP contribution in [-0.4, -0.2) is 33.2 Å². The van der Waals surface area contributed by atoms with E-state index >= 15 is 0 Å². The summed E-state index contributed by atoms with van der Waals surface area (Å²) in [4.78, 5) is 13.0. The van der Waals surface area contributed by atoms with E-state index in [1.807, 2.05) is 31.2 Å². The molecular formula is C18H21ClN2O3S2. The van der Waals surface area contributed by atoms with Gasteiger partial charge < -0.3 is 5.32 Å². The molecule has 0 radical (unpaired) electrons. The summed E-state index contributed by atoms with van der Waals surface area (Å²) in [6, 6.07) is 14.2. The first kappa shape index (κ1) is 20.8. The summed E-state index contributed by atoms with van der Waals surface area (Å²) in [6.45, 7) is 2.60. The highest BCUT2D eigenvalue weighted by molar-refractivity contribution is 7.99. The Kier molecular flexibility index (Phi) is 7.96. The number of benzene rings is 2. The summed E-state index contributed by atoms with van der Waals surface area (Å²) in [5.41, 5.74) is 1.21. The summed E-state index contributed by atoms with van der Waals surface area (Å²) >= 11 is 7.46. The number of sulfonamides is 1. The Hall–Kier alpha value is -1.54. The first-order chi connectivity index (χ1) is 12.4. The molecule has 0 heterocycles. The molecule has 0 aliphatic carbocycles. The van der Waals surface area contributed by atoms with Gasteiger partial charge >= 0.3 is 0 Å². The van der Waals surface area contributed by atoms with Crippen LogP contribution < -0.4 is 10.0 Å². The van der Waals surface area contributed by atoms with Crippen LogP contribution in [0.3, 0.4) is 0 Å². The third-order valence-electron chi connectivity index (χ3n) is 3.46. The molecule has 8 heteroatoms. The van der Waals surface area contributed by atoms with Gasteiger partial charge in [-0.2, -0.15) is 0 Å². The molecule has 0 bridgehead atoms. The second kappa shape index (κ2) is 9.97. The largest absolute Gasteiger partial charge is 0.355 e. The van der Waals surface area contributed by atoms with Gasteiger partial charge in [-0.15, -0.1) is 11.8 Å². The van der Waals surface area contributed by atoms with Crippen LogP contribution >= 0.6 is 23.4 Å². The molecule has 26 heavy (non-hydrogen) atoms. The van der Waals surface area contributed by atoms with E-state index in [-0.39, 0.29) is 23.8 Å². The van der Waals surface area contributed by atoms with Crippen LogP contribution in [0.1, 0.15) is 12.0 Å². The minimum absolute atomic E-state index is 0.0335. The first-order valence-electron chi connectivity index (χ1n) is 8.08. The summed E-state index contributed by atoms with van der Waals surface area (Å²) in [5.74, 6) is 0.562. The van der Waals surface area contributed by atoms with Gasteiger partial charge in [0, 0.05) is 35.2 Å². The van der Waals surface area contributed by atoms with Crippen molar-refractivity contribution in [2.24, 2.45) is 0 Å². The van der Waals surface area contributed by atoms with Crippen molar-refractivity contribution in [2.45, 2.75) is 23.1 Å². The normalized spacial score (nSPS) is 11.3. The molecule has 0 aliphatic heterocycles. The zero-order valence-corrected chi connectivity index (χ0v) is 16.8. The maximum absolute atomic E-state index is 12.1. The van der Waals surface area contributed by atoms with Crippen molar-refractivity contribution in [2.75, 3.05) is 18.8 Å². The van der Waals surface area contributed by atoms with Gasteiger partial charge in [-0.25, -0.2) is 13.1 Å². The zero-order chi connectivity index (χ0) is 19.0. The fraction of sp³-hybridized carbons (Fsp3) is 0.278. The van der Waals surface area contributed by atoms with Gasteiger partial charge in [-0.05, 0) is 37.3 Å². The Morgan fingerprint density at radius 1 is 1.12 bits per heavy atom. The SMILES string of the molecule is Cc1ccc(SCCNC(=O)CCNS(=O)(=O)c2cccc(Cl)c2)cc1. The smallest absolute Gasteiger partial charge is 0.240 e. The Labute approximate surface area is 163 Å². The third-order valence-corrected chi connectivity index (χ3v) is 6.17. The van der Waals surface area contributed by atoms with Gasteiger partial charge in [0.1, 0.15) is 0 Å². The van der Waals surface area contributed by atoms with Gasteiger partial charge in [-0.3, -0.25) is 4.79 Å². The van der Waals surface area contributed by atoms with E-state index in [4.69, 9.17) is 11.6 Å². The minimum Gasteiger partial charge on any atom is -0.355 e. The number of carbonyl (C=O) groups excluding carboxylic acids is 1. The van der Waals surface area contributed by atoms with Crippen LogP contribution in [0.5, 0.6) is 0 Å². The van der Waals surface area contributed by atoms with Crippen LogP contribution in [-0.2, 0) is 14.8 Å². The van der Waals surface area contributed by atoms with Crippen LogP contribution in [0, 0.1) is 6.92 Å². The lowest BCUT2D eigenvalue weighted by molar-refractivity contribution is -0.120. The van der Waals surface area contributed by atoms with Crippen molar-refractivity contribution in [3.63, 3.8) is 0 Å². The third kappa shape index (κ3) is 6.99. The number of hydrogen-bond donors (Lipinski definition) is 2. The molecule has 1 amide bonds. The second-order valence-electron chi connectivity index (χ2n) is 5.62. The van der Waals surface area contributed by atoms with Crippen LogP contribution in [0.25, 0.3) is 0 Å². The topological polar surface area (TPSA) is 75.3 Å². The average Bonchev–Trinajstić information content (AvgIpc) is 2.60. The Bertz CT molecular complexity index is 840. The quantitative estimate of drug-likeness (QED) is 0.489. The van der Waals surface area contributed by atoms with Gasteiger partial charge in [0.25, 0.3) is 0 Å². The van der Waals surface area contributed by atoms with Crippen LogP contribution in [0.15, 0.2) is 58.3 Å². The Balaban J connectivity index is 1.66. The predicted octanol–water partition coefficient (Wildman–Crippen LogP) is 3.23. The number of rotatable bonds is 9. The van der Waals surface area contributed by atoms with Crippen LogP contribution in [0.4, 0.5) is 0 Å². The minimum atomic E-state index is -3.66. The van der Waals surface area contributed by atoms with E-state index in [0.717, 1.165) is 10.6 Å². The highest BCUT2D eigenvalue weighted by atomic mass is 35.5. The lowest BCUT2D eigenvalue weighted by Crippen LogP contribution is -2.31. The highest BCUT2D eigenvalue weighted by Gasteiger charge is 2.14. The molecule has 0 unspecified atom stereocenters. The molecule has 0 atom stereocenters. The molecule has 2 N–H and O–H groups in total. The molecule has 2 rings (SSSR count). The maximum atomic E-state index is 12.1. The summed E-state index contributed by atoms with van der Waals surface area (Å²) in [5, 5.41) is 3.13. The van der Waals surface area contributed by atoms with Crippen molar-refractivity contribution < 1.29 is 13.2 Å². The molecule has 0 saturated carbocycles. The fourth-order valence-electron chi connectivity index (χ4n) is 2.10. The number of nitrogens with one attached hydrogen (secondary N) is 2. The van der Waals surface area contributed by atoms with E-state index in [1.165, 1.54) is 17.7 Å². The molecule has 2 aromatic rings. The molecule has 0 aliphatic rings. The molecule has 0 fully saturated rings. The molecule has 0 saturated heterocycles. The maximum Gasteiger partial charge on any atom is 0.240 e. The lowest BCUT2D eigenvalue weighted by Gasteiger charge is -2.08. The Morgan fingerprint density at radius 3 is 2.54 bits per heavy atom. The summed E-state index contributed by atoms with van der Waals surface area (Å²) in [7, 11) is -3.66. The summed E-state index contributed by atoms with van der Waals surface area (Å²) < 4.78 is 26.6. The summed E-state index contributed by atoms with van der Waals surface area (Å²) in [6.07, 6.45) is 0.0784. The molecule has 140 valence electrons. The Morgan fingerprint density at radius 2 is 1.85 bits per heavy atom. The molecule has 0 spiro atoms. The number of amides is 1. The van der Waals surface area contributed by atoms with Gasteiger partial charge in [0.15, 0.2) is 0 Å². The standard InChI is InChI=1S/C18H21ClN2O3S2/c1-14-5-7-16(8-6-14)25-12-11-20-18(22)9-10-21-26(23,24)17-4-2-3-15(19)13-17/h2-8,13,21H,9-12H2,1H3,(H,20,22). The van der Waals surface area contributed by atoms with Crippen molar-refractivity contribution >= 4 is 39.3 Å². The zero-order valence-electron chi connectivity index (χ0n) is 14.4. The van der Waals surface area contributed by atoms with E-state index in [9.17, 15) is 13.2 Å². The lowest BCUT2D eigenvalue weighted by atomic mass is 10.2. The van der Waals surface area contributed by atoms with Gasteiger partial charge in [0.05, 0.1) is 4.90 Å². The number of hydrogen-bond acceptors (Lipinski definition) is 4. The van der Waals surface area contributed by atoms with E-state index in [1.54, 1.807) is 23.9 Å². The number of thioether (sulfide) groups is 1. The number of aryl methyl sites for hydroxylation is 1. The molecule has 2 aromatic carbocycles. The average molecular weight is 413 g/mol. The van der Waals surface area contributed by atoms with Crippen molar-refractivity contribution in [1.82, 2.24) is 10.0 Å². The number of carbonyl (C=O) groups is 1. The first-order valence-corrected chi connectivity index (χ1v) is 10.9. The van der Waals surface area contributed by atoms with Crippen molar-refractivity contribution in [3.8, 4) is 0 Å². The van der Waals surface area contributed by atoms with Crippen molar-refractivity contribution in [1.29, 1.82) is 0 Å². The predicted molar refractivity (Wildman–Crippen MR) is 106 cm³/mol. The van der Waals surface area contributed by atoms with Gasteiger partial charge in [-0.1, -0.05) is 35.4 Å². The van der Waals surface area contributed by atoms with E-state index in [0.29, 0.717) is 11.6 Å². The monoisotopic (exact) mass is 412 g/mol. The molecule has 5 nitrogen and oxygen atoms in total. The van der Waals surface area contributed by atoms with Gasteiger partial charge in [0.2, 0.25) is 15.9 Å². The molecular weight excluding hydrogens is 392 g/mol.